The molecule has 1 N–H and O–H groups in total. The number of piperidine rings is 1. The van der Waals surface area contributed by atoms with Crippen molar-refractivity contribution in [2.75, 3.05) is 24.5 Å². The molecule has 0 radical (unpaired) electrons. The monoisotopic (exact) mass is 379 g/mol. The van der Waals surface area contributed by atoms with Crippen LogP contribution in [0.2, 0.25) is 0 Å². The molecule has 2 heterocycles. The summed E-state index contributed by atoms with van der Waals surface area (Å²) in [6.07, 6.45) is 3.13. The third kappa shape index (κ3) is 3.35. The molecule has 26 heavy (non-hydrogen) atoms. The van der Waals surface area contributed by atoms with E-state index < -0.39 is 16.1 Å². The lowest BCUT2D eigenvalue weighted by molar-refractivity contribution is -0.125. The van der Waals surface area contributed by atoms with Gasteiger partial charge in [0.25, 0.3) is 0 Å². The van der Waals surface area contributed by atoms with E-state index in [-0.39, 0.29) is 16.7 Å². The highest BCUT2D eigenvalue weighted by Crippen LogP contribution is 2.35. The molecule has 0 unspecified atom stereocenters. The summed E-state index contributed by atoms with van der Waals surface area (Å²) in [5.74, 6) is -0.453. The lowest BCUT2D eigenvalue weighted by atomic mass is 10.1. The Hall–Kier alpha value is -1.93. The molecule has 1 fully saturated rings. The molecule has 2 aliphatic rings. The van der Waals surface area contributed by atoms with E-state index >= 15 is 0 Å². The highest BCUT2D eigenvalue weighted by molar-refractivity contribution is 7.89. The quantitative estimate of drug-likeness (QED) is 0.854. The van der Waals surface area contributed by atoms with E-state index in [0.29, 0.717) is 31.7 Å². The maximum Gasteiger partial charge on any atom is 0.243 e. The predicted molar refractivity (Wildman–Crippen MR) is 98.4 cm³/mol. The van der Waals surface area contributed by atoms with Crippen molar-refractivity contribution in [1.29, 1.82) is 0 Å². The predicted octanol–water partition coefficient (Wildman–Crippen LogP) is 1.27. The summed E-state index contributed by atoms with van der Waals surface area (Å²) in [7, 11) is -3.54. The molecule has 1 aromatic rings. The number of rotatable bonds is 4. The van der Waals surface area contributed by atoms with Crippen LogP contribution in [0.25, 0.3) is 0 Å². The first-order valence-electron chi connectivity index (χ1n) is 9.07. The van der Waals surface area contributed by atoms with Gasteiger partial charge < -0.3 is 5.32 Å². The standard InChI is InChI=1S/C18H25N3O4S/c1-3-19-18(23)17-12-14-11-15(7-8-16(14)21(17)13(2)22)26(24,25)20-9-5-4-6-10-20/h7-8,11,17H,3-6,9-10,12H2,1-2H3,(H,19,23)/t17-/m0/s1. The van der Waals surface area contributed by atoms with Crippen molar-refractivity contribution in [2.24, 2.45) is 0 Å². The van der Waals surface area contributed by atoms with Crippen LogP contribution < -0.4 is 10.2 Å². The Balaban J connectivity index is 1.93. The minimum absolute atomic E-state index is 0.223. The maximum atomic E-state index is 12.9. The number of anilines is 1. The van der Waals surface area contributed by atoms with E-state index in [1.54, 1.807) is 18.2 Å². The van der Waals surface area contributed by atoms with Gasteiger partial charge in [0.05, 0.1) is 4.90 Å². The second-order valence-electron chi connectivity index (χ2n) is 6.76. The van der Waals surface area contributed by atoms with Crippen molar-refractivity contribution in [3.05, 3.63) is 23.8 Å². The fourth-order valence-corrected chi connectivity index (χ4v) is 5.30. The number of benzene rings is 1. The third-order valence-electron chi connectivity index (χ3n) is 4.98. The second-order valence-corrected chi connectivity index (χ2v) is 8.70. The minimum Gasteiger partial charge on any atom is -0.355 e. The molecule has 0 saturated carbocycles. The van der Waals surface area contributed by atoms with E-state index in [1.165, 1.54) is 16.1 Å². The first kappa shape index (κ1) is 18.8. The molecule has 0 bridgehead atoms. The Kier molecular flexibility index (Phi) is 5.34. The Morgan fingerprint density at radius 3 is 2.50 bits per heavy atom. The zero-order valence-electron chi connectivity index (χ0n) is 15.2. The van der Waals surface area contributed by atoms with E-state index in [9.17, 15) is 18.0 Å². The number of carbonyl (C=O) groups is 2. The van der Waals surface area contributed by atoms with Crippen LogP contribution >= 0.6 is 0 Å². The highest BCUT2D eigenvalue weighted by Gasteiger charge is 2.38. The van der Waals surface area contributed by atoms with Gasteiger partial charge in [-0.3, -0.25) is 14.5 Å². The third-order valence-corrected chi connectivity index (χ3v) is 6.88. The first-order valence-corrected chi connectivity index (χ1v) is 10.5. The van der Waals surface area contributed by atoms with Gasteiger partial charge in [-0.25, -0.2) is 8.42 Å². The van der Waals surface area contributed by atoms with Crippen LogP contribution in [-0.2, 0) is 26.0 Å². The average molecular weight is 379 g/mol. The van der Waals surface area contributed by atoms with E-state index in [2.05, 4.69) is 5.32 Å². The molecule has 1 saturated heterocycles. The van der Waals surface area contributed by atoms with E-state index in [1.807, 2.05) is 6.92 Å². The number of nitrogens with zero attached hydrogens (tertiary/aromatic N) is 2. The van der Waals surface area contributed by atoms with E-state index in [0.717, 1.165) is 24.8 Å². The van der Waals surface area contributed by atoms with Crippen molar-refractivity contribution >= 4 is 27.5 Å². The Bertz CT molecular complexity index is 816. The van der Waals surface area contributed by atoms with Gasteiger partial charge in [0.1, 0.15) is 6.04 Å². The van der Waals surface area contributed by atoms with Crippen molar-refractivity contribution in [1.82, 2.24) is 9.62 Å². The maximum absolute atomic E-state index is 12.9. The number of fused-ring (bicyclic) bond motifs is 1. The van der Waals surface area contributed by atoms with Crippen LogP contribution in [0.1, 0.15) is 38.7 Å². The number of amides is 2. The van der Waals surface area contributed by atoms with E-state index in [4.69, 9.17) is 0 Å². The van der Waals surface area contributed by atoms with Crippen LogP contribution in [0.15, 0.2) is 23.1 Å². The van der Waals surface area contributed by atoms with Crippen LogP contribution in [0.3, 0.4) is 0 Å². The Morgan fingerprint density at radius 1 is 1.19 bits per heavy atom. The van der Waals surface area contributed by atoms with Gasteiger partial charge >= 0.3 is 0 Å². The molecule has 1 atom stereocenters. The SMILES string of the molecule is CCNC(=O)[C@@H]1Cc2cc(S(=O)(=O)N3CCCCC3)ccc2N1C(C)=O. The van der Waals surface area contributed by atoms with Crippen molar-refractivity contribution in [2.45, 2.75) is 50.5 Å². The zero-order chi connectivity index (χ0) is 18.9. The summed E-state index contributed by atoms with van der Waals surface area (Å²) in [5.41, 5.74) is 1.33. The smallest absolute Gasteiger partial charge is 0.243 e. The van der Waals surface area contributed by atoms with Gasteiger partial charge in [0, 0.05) is 38.7 Å². The summed E-state index contributed by atoms with van der Waals surface area (Å²) < 4.78 is 27.3. The summed E-state index contributed by atoms with van der Waals surface area (Å²) >= 11 is 0. The topological polar surface area (TPSA) is 86.8 Å². The molecule has 8 heteroatoms. The zero-order valence-corrected chi connectivity index (χ0v) is 16.0. The molecule has 142 valence electrons. The number of nitrogens with one attached hydrogen (secondary N) is 1. The molecule has 0 aliphatic carbocycles. The van der Waals surface area contributed by atoms with Crippen molar-refractivity contribution in [3.63, 3.8) is 0 Å². The molecule has 0 aromatic heterocycles. The fourth-order valence-electron chi connectivity index (χ4n) is 3.73. The first-order chi connectivity index (χ1) is 12.4. The lowest BCUT2D eigenvalue weighted by Crippen LogP contribution is -2.47. The summed E-state index contributed by atoms with van der Waals surface area (Å²) in [5, 5.41) is 2.74. The lowest BCUT2D eigenvalue weighted by Gasteiger charge is -2.26. The molecule has 2 aliphatic heterocycles. The summed E-state index contributed by atoms with van der Waals surface area (Å²) in [6.45, 7) is 4.80. The molecular weight excluding hydrogens is 354 g/mol. The number of sulfonamides is 1. The second kappa shape index (κ2) is 7.36. The summed E-state index contributed by atoms with van der Waals surface area (Å²) in [4.78, 5) is 26.1. The fraction of sp³-hybridized carbons (Fsp3) is 0.556. The normalized spacial score (nSPS) is 20.7. The molecule has 7 nitrogen and oxygen atoms in total. The van der Waals surface area contributed by atoms with Crippen LogP contribution in [0, 0.1) is 0 Å². The van der Waals surface area contributed by atoms with Gasteiger partial charge in [-0.1, -0.05) is 6.42 Å². The Morgan fingerprint density at radius 2 is 1.88 bits per heavy atom. The molecule has 1 aromatic carbocycles. The number of carbonyl (C=O) groups excluding carboxylic acids is 2. The van der Waals surface area contributed by atoms with Gasteiger partial charge in [0.15, 0.2) is 0 Å². The van der Waals surface area contributed by atoms with Crippen molar-refractivity contribution < 1.29 is 18.0 Å². The Labute approximate surface area is 154 Å². The van der Waals surface area contributed by atoms with Gasteiger partial charge in [-0.15, -0.1) is 0 Å². The number of hydrogen-bond acceptors (Lipinski definition) is 4. The van der Waals surface area contributed by atoms with Crippen LogP contribution in [0.5, 0.6) is 0 Å². The van der Waals surface area contributed by atoms with Gasteiger partial charge in [-0.05, 0) is 43.5 Å². The largest absolute Gasteiger partial charge is 0.355 e. The molecular formula is C18H25N3O4S. The van der Waals surface area contributed by atoms with Crippen LogP contribution in [0.4, 0.5) is 5.69 Å². The van der Waals surface area contributed by atoms with Gasteiger partial charge in [-0.2, -0.15) is 4.31 Å². The highest BCUT2D eigenvalue weighted by atomic mass is 32.2. The number of likely N-dealkylation sites (N-methyl/N-ethyl adjacent to an activating group) is 1. The van der Waals surface area contributed by atoms with Gasteiger partial charge in [0.2, 0.25) is 21.8 Å². The summed E-state index contributed by atoms with van der Waals surface area (Å²) in [6, 6.07) is 4.18. The molecule has 0 spiro atoms. The van der Waals surface area contributed by atoms with Crippen molar-refractivity contribution in [3.8, 4) is 0 Å². The minimum atomic E-state index is -3.54. The number of hydrogen-bond donors (Lipinski definition) is 1. The average Bonchev–Trinajstić information content (AvgIpc) is 3.01. The van der Waals surface area contributed by atoms with Crippen LogP contribution in [-0.4, -0.2) is 50.2 Å². The molecule has 2 amide bonds. The molecule has 3 rings (SSSR count).